The monoisotopic (exact) mass is 232 g/mol. The van der Waals surface area contributed by atoms with Gasteiger partial charge in [-0.25, -0.2) is 14.6 Å². The summed E-state index contributed by atoms with van der Waals surface area (Å²) in [6.07, 6.45) is 6.89. The largest absolute Gasteiger partial charge is 0.377 e. The predicted octanol–water partition coefficient (Wildman–Crippen LogP) is 1.44. The van der Waals surface area contributed by atoms with Crippen LogP contribution in [0.1, 0.15) is 26.5 Å². The van der Waals surface area contributed by atoms with Crippen molar-refractivity contribution in [1.29, 1.82) is 0 Å². The first-order valence-corrected chi connectivity index (χ1v) is 5.46. The van der Waals surface area contributed by atoms with E-state index in [1.807, 2.05) is 10.9 Å². The van der Waals surface area contributed by atoms with Crippen LogP contribution in [0.3, 0.4) is 0 Å². The molecule has 2 aromatic rings. The van der Waals surface area contributed by atoms with Gasteiger partial charge in [-0.2, -0.15) is 0 Å². The van der Waals surface area contributed by atoms with E-state index in [1.54, 1.807) is 12.4 Å². The molecule has 0 amide bonds. The Kier molecular flexibility index (Phi) is 3.03. The van der Waals surface area contributed by atoms with Crippen molar-refractivity contribution < 1.29 is 0 Å². The molecule has 2 heterocycles. The minimum absolute atomic E-state index is 0.0406. The molecule has 0 bridgehead atoms. The second-order valence-electron chi connectivity index (χ2n) is 4.81. The number of nitrogens with zero attached hydrogens (tertiary/aromatic N) is 5. The third-order valence-electron chi connectivity index (χ3n) is 2.26. The molecule has 2 aromatic heterocycles. The summed E-state index contributed by atoms with van der Waals surface area (Å²) in [5.74, 6) is 0. The van der Waals surface area contributed by atoms with Crippen LogP contribution in [0, 0.1) is 0 Å². The molecule has 17 heavy (non-hydrogen) atoms. The summed E-state index contributed by atoms with van der Waals surface area (Å²) in [6, 6.07) is 0. The zero-order chi connectivity index (χ0) is 12.3. The molecule has 0 saturated carbocycles. The van der Waals surface area contributed by atoms with Crippen LogP contribution in [0.15, 0.2) is 24.9 Å². The molecular formula is C11H16N6. The predicted molar refractivity (Wildman–Crippen MR) is 64.4 cm³/mol. The van der Waals surface area contributed by atoms with Gasteiger partial charge in [-0.05, 0) is 20.8 Å². The summed E-state index contributed by atoms with van der Waals surface area (Å²) >= 11 is 0. The van der Waals surface area contributed by atoms with Gasteiger partial charge in [0.05, 0.1) is 36.4 Å². The Bertz CT molecular complexity index is 470. The lowest BCUT2D eigenvalue weighted by Gasteiger charge is -2.17. The van der Waals surface area contributed by atoms with Crippen LogP contribution in [0.4, 0.5) is 5.69 Å². The van der Waals surface area contributed by atoms with Crippen molar-refractivity contribution in [3.8, 4) is 0 Å². The molecule has 0 aliphatic carbocycles. The van der Waals surface area contributed by atoms with E-state index in [-0.39, 0.29) is 5.54 Å². The molecule has 1 N–H and O–H groups in total. The maximum atomic E-state index is 4.11. The molecule has 0 spiro atoms. The molecule has 6 nitrogen and oxygen atoms in total. The first-order valence-electron chi connectivity index (χ1n) is 5.46. The van der Waals surface area contributed by atoms with E-state index in [1.165, 1.54) is 6.33 Å². The van der Waals surface area contributed by atoms with Gasteiger partial charge < -0.3 is 5.32 Å². The highest BCUT2D eigenvalue weighted by atomic mass is 15.4. The number of hydrogen-bond acceptors (Lipinski definition) is 5. The SMILES string of the molecule is CC(C)(C)n1cc(CNc2cncnc2)nn1. The van der Waals surface area contributed by atoms with Crippen LogP contribution in [-0.4, -0.2) is 25.0 Å². The molecule has 0 unspecified atom stereocenters. The molecule has 0 fully saturated rings. The minimum atomic E-state index is -0.0406. The molecule has 0 aliphatic heterocycles. The maximum Gasteiger partial charge on any atom is 0.115 e. The summed E-state index contributed by atoms with van der Waals surface area (Å²) in [6.45, 7) is 6.88. The van der Waals surface area contributed by atoms with Crippen molar-refractivity contribution in [2.45, 2.75) is 32.9 Å². The van der Waals surface area contributed by atoms with Gasteiger partial charge in [0.2, 0.25) is 0 Å². The molecule has 90 valence electrons. The number of aromatic nitrogens is 5. The summed E-state index contributed by atoms with van der Waals surface area (Å²) in [5, 5.41) is 11.4. The van der Waals surface area contributed by atoms with Crippen molar-refractivity contribution in [2.24, 2.45) is 0 Å². The molecule has 2 rings (SSSR count). The minimum Gasteiger partial charge on any atom is -0.377 e. The second-order valence-corrected chi connectivity index (χ2v) is 4.81. The topological polar surface area (TPSA) is 68.5 Å². The van der Waals surface area contributed by atoms with E-state index in [9.17, 15) is 0 Å². The first-order chi connectivity index (χ1) is 8.05. The van der Waals surface area contributed by atoms with Crippen molar-refractivity contribution in [1.82, 2.24) is 25.0 Å². The molecule has 0 aromatic carbocycles. The van der Waals surface area contributed by atoms with Crippen LogP contribution in [0.2, 0.25) is 0 Å². The van der Waals surface area contributed by atoms with Crippen molar-refractivity contribution in [3.63, 3.8) is 0 Å². The van der Waals surface area contributed by atoms with Crippen molar-refractivity contribution in [3.05, 3.63) is 30.6 Å². The lowest BCUT2D eigenvalue weighted by atomic mass is 10.1. The molecule has 0 aliphatic rings. The zero-order valence-corrected chi connectivity index (χ0v) is 10.3. The Morgan fingerprint density at radius 2 is 1.94 bits per heavy atom. The lowest BCUT2D eigenvalue weighted by molar-refractivity contribution is 0.347. The van der Waals surface area contributed by atoms with Crippen LogP contribution >= 0.6 is 0 Å². The van der Waals surface area contributed by atoms with Crippen LogP contribution in [-0.2, 0) is 12.1 Å². The molecule has 0 saturated heterocycles. The van der Waals surface area contributed by atoms with Gasteiger partial charge in [0, 0.05) is 0 Å². The number of rotatable bonds is 3. The van der Waals surface area contributed by atoms with Gasteiger partial charge in [-0.15, -0.1) is 5.10 Å². The highest BCUT2D eigenvalue weighted by Crippen LogP contribution is 2.12. The van der Waals surface area contributed by atoms with Crippen LogP contribution in [0.5, 0.6) is 0 Å². The third kappa shape index (κ3) is 2.99. The first kappa shape index (κ1) is 11.5. The van der Waals surface area contributed by atoms with Crippen molar-refractivity contribution >= 4 is 5.69 Å². The zero-order valence-electron chi connectivity index (χ0n) is 10.3. The summed E-state index contributed by atoms with van der Waals surface area (Å²) in [5.41, 5.74) is 1.72. The van der Waals surface area contributed by atoms with Crippen molar-refractivity contribution in [2.75, 3.05) is 5.32 Å². The summed E-state index contributed by atoms with van der Waals surface area (Å²) < 4.78 is 1.85. The molecular weight excluding hydrogens is 216 g/mol. The summed E-state index contributed by atoms with van der Waals surface area (Å²) in [4.78, 5) is 7.85. The van der Waals surface area contributed by atoms with E-state index in [4.69, 9.17) is 0 Å². The second kappa shape index (κ2) is 4.48. The Hall–Kier alpha value is -1.98. The van der Waals surface area contributed by atoms with E-state index in [0.29, 0.717) is 6.54 Å². The van der Waals surface area contributed by atoms with E-state index < -0.39 is 0 Å². The van der Waals surface area contributed by atoms with Gasteiger partial charge in [0.1, 0.15) is 12.0 Å². The normalized spacial score (nSPS) is 11.5. The third-order valence-corrected chi connectivity index (χ3v) is 2.26. The van der Waals surface area contributed by atoms with Crippen LogP contribution in [0.25, 0.3) is 0 Å². The van der Waals surface area contributed by atoms with Gasteiger partial charge in [-0.1, -0.05) is 5.21 Å². The van der Waals surface area contributed by atoms with E-state index >= 15 is 0 Å². The van der Waals surface area contributed by atoms with Gasteiger partial charge in [-0.3, -0.25) is 0 Å². The quantitative estimate of drug-likeness (QED) is 0.867. The summed E-state index contributed by atoms with van der Waals surface area (Å²) in [7, 11) is 0. The lowest BCUT2D eigenvalue weighted by Crippen LogP contribution is -2.22. The standard InChI is InChI=1S/C11H16N6/c1-11(2,3)17-7-10(15-16-17)6-14-9-4-12-8-13-5-9/h4-5,7-8,14H,6H2,1-3H3. The highest BCUT2D eigenvalue weighted by Gasteiger charge is 2.14. The van der Waals surface area contributed by atoms with Crippen LogP contribution < -0.4 is 5.32 Å². The van der Waals surface area contributed by atoms with Gasteiger partial charge in [0.15, 0.2) is 0 Å². The van der Waals surface area contributed by atoms with Gasteiger partial charge in [0.25, 0.3) is 0 Å². The smallest absolute Gasteiger partial charge is 0.115 e. The Morgan fingerprint density at radius 1 is 1.24 bits per heavy atom. The molecule has 0 atom stereocenters. The number of anilines is 1. The average Bonchev–Trinajstić information content (AvgIpc) is 2.76. The fourth-order valence-electron chi connectivity index (χ4n) is 1.29. The Morgan fingerprint density at radius 3 is 2.53 bits per heavy atom. The highest BCUT2D eigenvalue weighted by molar-refractivity contribution is 5.37. The van der Waals surface area contributed by atoms with E-state index in [2.05, 4.69) is 46.4 Å². The Balaban J connectivity index is 1.99. The molecule has 0 radical (unpaired) electrons. The maximum absolute atomic E-state index is 4.11. The Labute approximate surface area is 100 Å². The van der Waals surface area contributed by atoms with E-state index in [0.717, 1.165) is 11.4 Å². The number of nitrogens with one attached hydrogen (secondary N) is 1. The molecule has 6 heteroatoms. The number of hydrogen-bond donors (Lipinski definition) is 1. The van der Waals surface area contributed by atoms with Gasteiger partial charge >= 0.3 is 0 Å². The average molecular weight is 232 g/mol. The fraction of sp³-hybridized carbons (Fsp3) is 0.455. The fourth-order valence-corrected chi connectivity index (χ4v) is 1.29.